The number of aliphatic hydroxyl groups excluding tert-OH is 1. The Morgan fingerprint density at radius 3 is 2.53 bits per heavy atom. The molecular weight excluding hydrogens is 232 g/mol. The van der Waals surface area contributed by atoms with Crippen molar-refractivity contribution in [2.75, 3.05) is 12.4 Å². The molecule has 0 aliphatic heterocycles. The van der Waals surface area contributed by atoms with Gasteiger partial charge in [0, 0.05) is 16.8 Å². The van der Waals surface area contributed by atoms with Crippen LogP contribution in [0, 0.1) is 20.8 Å². The number of aliphatic hydroxyl groups is 1. The van der Waals surface area contributed by atoms with Crippen LogP contribution in [0.15, 0.2) is 17.3 Å². The van der Waals surface area contributed by atoms with Crippen molar-refractivity contribution in [3.63, 3.8) is 0 Å². The fourth-order valence-corrected chi connectivity index (χ4v) is 2.35. The molecule has 0 amide bonds. The predicted octanol–water partition coefficient (Wildman–Crippen LogP) is 2.64. The molecule has 0 unspecified atom stereocenters. The molecule has 3 nitrogen and oxygen atoms in total. The summed E-state index contributed by atoms with van der Waals surface area (Å²) >= 11 is 1.49. The largest absolute Gasteiger partial charge is 0.396 e. The summed E-state index contributed by atoms with van der Waals surface area (Å²) in [5.74, 6) is 0.635. The Morgan fingerprint density at radius 1 is 1.12 bits per heavy atom. The van der Waals surface area contributed by atoms with Crippen LogP contribution >= 0.6 is 11.8 Å². The molecule has 0 fully saturated rings. The topological polar surface area (TPSA) is 46.0 Å². The minimum absolute atomic E-state index is 0.151. The molecule has 2 aromatic rings. The molecule has 0 atom stereocenters. The molecule has 0 saturated carbocycles. The van der Waals surface area contributed by atoms with Crippen molar-refractivity contribution in [1.29, 1.82) is 0 Å². The van der Waals surface area contributed by atoms with Gasteiger partial charge in [-0.3, -0.25) is 0 Å². The highest BCUT2D eigenvalue weighted by Gasteiger charge is 2.06. The minimum atomic E-state index is 0.151. The van der Waals surface area contributed by atoms with Gasteiger partial charge in [-0.15, -0.1) is 0 Å². The van der Waals surface area contributed by atoms with Crippen LogP contribution in [0.1, 0.15) is 16.8 Å². The average Bonchev–Trinajstić information content (AvgIpc) is 2.29. The summed E-state index contributed by atoms with van der Waals surface area (Å²) < 4.78 is 0. The van der Waals surface area contributed by atoms with E-state index in [4.69, 9.17) is 5.11 Å². The Labute approximate surface area is 105 Å². The van der Waals surface area contributed by atoms with E-state index in [0.717, 1.165) is 21.8 Å². The van der Waals surface area contributed by atoms with Crippen molar-refractivity contribution >= 4 is 22.7 Å². The molecule has 1 aromatic heterocycles. The summed E-state index contributed by atoms with van der Waals surface area (Å²) in [5, 5.41) is 10.7. The quantitative estimate of drug-likeness (QED) is 0.670. The Balaban J connectivity index is 2.53. The lowest BCUT2D eigenvalue weighted by Crippen LogP contribution is -1.96. The molecule has 1 N–H and O–H groups in total. The van der Waals surface area contributed by atoms with E-state index in [0.29, 0.717) is 5.75 Å². The summed E-state index contributed by atoms with van der Waals surface area (Å²) in [6.45, 7) is 6.34. The van der Waals surface area contributed by atoms with E-state index in [9.17, 15) is 0 Å². The molecule has 0 aliphatic carbocycles. The van der Waals surface area contributed by atoms with E-state index in [2.05, 4.69) is 35.9 Å². The monoisotopic (exact) mass is 248 g/mol. The lowest BCUT2D eigenvalue weighted by Gasteiger charge is -2.07. The van der Waals surface area contributed by atoms with E-state index in [-0.39, 0.29) is 6.61 Å². The van der Waals surface area contributed by atoms with Gasteiger partial charge >= 0.3 is 0 Å². The van der Waals surface area contributed by atoms with Crippen molar-refractivity contribution in [2.45, 2.75) is 25.9 Å². The molecule has 0 radical (unpaired) electrons. The maximum Gasteiger partial charge on any atom is 0.188 e. The van der Waals surface area contributed by atoms with Crippen molar-refractivity contribution in [3.05, 3.63) is 29.0 Å². The molecule has 2 rings (SSSR count). The van der Waals surface area contributed by atoms with Gasteiger partial charge in [0.05, 0.1) is 12.1 Å². The first-order valence-electron chi connectivity index (χ1n) is 5.61. The van der Waals surface area contributed by atoms with Crippen LogP contribution < -0.4 is 0 Å². The highest BCUT2D eigenvalue weighted by molar-refractivity contribution is 7.99. The molecule has 0 aliphatic rings. The van der Waals surface area contributed by atoms with E-state index in [1.165, 1.54) is 22.9 Å². The van der Waals surface area contributed by atoms with Crippen molar-refractivity contribution in [2.24, 2.45) is 0 Å². The van der Waals surface area contributed by atoms with Gasteiger partial charge in [0.25, 0.3) is 0 Å². The number of rotatable bonds is 3. The molecule has 90 valence electrons. The van der Waals surface area contributed by atoms with E-state index in [1.54, 1.807) is 0 Å². The molecule has 0 spiro atoms. The Kier molecular flexibility index (Phi) is 3.64. The van der Waals surface area contributed by atoms with Crippen LogP contribution in [0.5, 0.6) is 0 Å². The number of nitrogens with zero attached hydrogens (tertiary/aromatic N) is 2. The van der Waals surface area contributed by atoms with Crippen LogP contribution in [0.3, 0.4) is 0 Å². The second kappa shape index (κ2) is 5.02. The third-order valence-electron chi connectivity index (χ3n) is 2.80. The van der Waals surface area contributed by atoms with E-state index >= 15 is 0 Å². The van der Waals surface area contributed by atoms with Gasteiger partial charge in [-0.05, 0) is 44.0 Å². The number of hydrogen-bond acceptors (Lipinski definition) is 4. The maximum absolute atomic E-state index is 8.81. The van der Waals surface area contributed by atoms with Gasteiger partial charge in [0.2, 0.25) is 0 Å². The Bertz CT molecular complexity index is 555. The third-order valence-corrected chi connectivity index (χ3v) is 3.63. The number of aryl methyl sites for hydroxylation is 3. The predicted molar refractivity (Wildman–Crippen MR) is 71.6 cm³/mol. The van der Waals surface area contributed by atoms with Gasteiger partial charge in [-0.25, -0.2) is 9.97 Å². The zero-order chi connectivity index (χ0) is 12.4. The van der Waals surface area contributed by atoms with Crippen molar-refractivity contribution in [3.8, 4) is 0 Å². The van der Waals surface area contributed by atoms with Crippen LogP contribution in [0.4, 0.5) is 0 Å². The summed E-state index contributed by atoms with van der Waals surface area (Å²) in [6.07, 6.45) is 0. The van der Waals surface area contributed by atoms with E-state index in [1.807, 2.05) is 6.92 Å². The van der Waals surface area contributed by atoms with Crippen molar-refractivity contribution in [1.82, 2.24) is 9.97 Å². The normalized spacial score (nSPS) is 11.1. The van der Waals surface area contributed by atoms with Gasteiger partial charge in [0.15, 0.2) is 5.16 Å². The molecule has 17 heavy (non-hydrogen) atoms. The third kappa shape index (κ3) is 2.58. The molecule has 1 aromatic carbocycles. The number of benzene rings is 1. The van der Waals surface area contributed by atoms with Gasteiger partial charge < -0.3 is 5.11 Å². The first-order chi connectivity index (χ1) is 8.11. The number of aromatic nitrogens is 2. The average molecular weight is 248 g/mol. The van der Waals surface area contributed by atoms with Gasteiger partial charge in [-0.1, -0.05) is 11.8 Å². The lowest BCUT2D eigenvalue weighted by molar-refractivity contribution is 0.322. The summed E-state index contributed by atoms with van der Waals surface area (Å²) in [7, 11) is 0. The lowest BCUT2D eigenvalue weighted by atomic mass is 10.1. The SMILES string of the molecule is Cc1cc2nc(SCCO)nc(C)c2cc1C. The summed E-state index contributed by atoms with van der Waals surface area (Å²) in [6, 6.07) is 4.24. The van der Waals surface area contributed by atoms with Crippen LogP contribution in [-0.4, -0.2) is 27.4 Å². The molecule has 0 bridgehead atoms. The summed E-state index contributed by atoms with van der Waals surface area (Å²) in [4.78, 5) is 8.97. The second-order valence-corrected chi connectivity index (χ2v) is 5.18. The standard InChI is InChI=1S/C13H16N2OS/c1-8-6-11-10(3)14-13(17-5-4-16)15-12(11)7-9(8)2/h6-7,16H,4-5H2,1-3H3. The van der Waals surface area contributed by atoms with Crippen LogP contribution in [-0.2, 0) is 0 Å². The number of thioether (sulfide) groups is 1. The van der Waals surface area contributed by atoms with Gasteiger partial charge in [-0.2, -0.15) is 0 Å². The fraction of sp³-hybridized carbons (Fsp3) is 0.385. The first kappa shape index (κ1) is 12.3. The number of fused-ring (bicyclic) bond motifs is 1. The smallest absolute Gasteiger partial charge is 0.188 e. The fourth-order valence-electron chi connectivity index (χ4n) is 1.72. The van der Waals surface area contributed by atoms with Crippen molar-refractivity contribution < 1.29 is 5.11 Å². The molecule has 1 heterocycles. The van der Waals surface area contributed by atoms with Crippen LogP contribution in [0.25, 0.3) is 10.9 Å². The second-order valence-electron chi connectivity index (χ2n) is 4.12. The minimum Gasteiger partial charge on any atom is -0.396 e. The molecular formula is C13H16N2OS. The Morgan fingerprint density at radius 2 is 1.82 bits per heavy atom. The maximum atomic E-state index is 8.81. The zero-order valence-corrected chi connectivity index (χ0v) is 11.1. The zero-order valence-electron chi connectivity index (χ0n) is 10.3. The highest BCUT2D eigenvalue weighted by atomic mass is 32.2. The molecule has 0 saturated heterocycles. The molecule has 4 heteroatoms. The first-order valence-corrected chi connectivity index (χ1v) is 6.59. The van der Waals surface area contributed by atoms with Crippen LogP contribution in [0.2, 0.25) is 0 Å². The summed E-state index contributed by atoms with van der Waals surface area (Å²) in [5.41, 5.74) is 4.49. The highest BCUT2D eigenvalue weighted by Crippen LogP contribution is 2.23. The van der Waals surface area contributed by atoms with E-state index < -0.39 is 0 Å². The number of hydrogen-bond donors (Lipinski definition) is 1. The van der Waals surface area contributed by atoms with Gasteiger partial charge in [0.1, 0.15) is 0 Å². The Hall–Kier alpha value is -1.13.